The number of nitrogens with two attached hydrogens (primary N) is 1. The first-order chi connectivity index (χ1) is 12.0. The Morgan fingerprint density at radius 1 is 1.04 bits per heavy atom. The number of rotatable bonds is 3. The zero-order valence-electron chi connectivity index (χ0n) is 13.9. The number of halogens is 1. The van der Waals surface area contributed by atoms with Gasteiger partial charge in [0.2, 0.25) is 0 Å². The van der Waals surface area contributed by atoms with Gasteiger partial charge in [-0.3, -0.25) is 0 Å². The summed E-state index contributed by atoms with van der Waals surface area (Å²) in [7, 11) is 0. The monoisotopic (exact) mass is 409 g/mol. The molecule has 0 aliphatic rings. The molecule has 25 heavy (non-hydrogen) atoms. The second-order valence-corrected chi connectivity index (χ2v) is 7.36. The maximum Gasteiger partial charge on any atom is 0.142 e. The van der Waals surface area contributed by atoms with Crippen LogP contribution in [0.1, 0.15) is 11.1 Å². The SMILES string of the molecule is CSc1ccc(-c2c(C)c(-c3ccc(Br)cc3)nc(N)c2C#N)cc1. The molecular formula is C20H16BrN3S. The second-order valence-electron chi connectivity index (χ2n) is 5.57. The van der Waals surface area contributed by atoms with Gasteiger partial charge in [0.1, 0.15) is 17.5 Å². The van der Waals surface area contributed by atoms with Gasteiger partial charge in [-0.25, -0.2) is 4.98 Å². The summed E-state index contributed by atoms with van der Waals surface area (Å²) in [5, 5.41) is 9.60. The minimum atomic E-state index is 0.259. The highest BCUT2D eigenvalue weighted by Crippen LogP contribution is 2.36. The summed E-state index contributed by atoms with van der Waals surface area (Å²) in [5.41, 5.74) is 11.1. The Labute approximate surface area is 160 Å². The van der Waals surface area contributed by atoms with Crippen molar-refractivity contribution in [3.05, 3.63) is 64.1 Å². The van der Waals surface area contributed by atoms with Gasteiger partial charge in [0.05, 0.1) is 5.69 Å². The Hall–Kier alpha value is -2.29. The zero-order chi connectivity index (χ0) is 18.0. The van der Waals surface area contributed by atoms with Gasteiger partial charge in [0, 0.05) is 20.5 Å². The van der Waals surface area contributed by atoms with Crippen molar-refractivity contribution in [3.8, 4) is 28.5 Å². The summed E-state index contributed by atoms with van der Waals surface area (Å²) in [6.07, 6.45) is 2.04. The number of hydrogen-bond donors (Lipinski definition) is 1. The zero-order valence-corrected chi connectivity index (χ0v) is 16.3. The summed E-state index contributed by atoms with van der Waals surface area (Å²) < 4.78 is 1.00. The van der Waals surface area contributed by atoms with Crippen LogP contribution in [0.25, 0.3) is 22.4 Å². The number of thioether (sulfide) groups is 1. The highest BCUT2D eigenvalue weighted by atomic mass is 79.9. The van der Waals surface area contributed by atoms with E-state index >= 15 is 0 Å². The summed E-state index contributed by atoms with van der Waals surface area (Å²) in [6.45, 7) is 1.99. The highest BCUT2D eigenvalue weighted by Gasteiger charge is 2.18. The molecule has 3 nitrogen and oxygen atoms in total. The van der Waals surface area contributed by atoms with Crippen LogP contribution < -0.4 is 5.73 Å². The summed E-state index contributed by atoms with van der Waals surface area (Å²) in [5.74, 6) is 0.259. The number of pyridine rings is 1. The molecule has 2 N–H and O–H groups in total. The van der Waals surface area contributed by atoms with Crippen molar-refractivity contribution in [2.45, 2.75) is 11.8 Å². The third-order valence-corrected chi connectivity index (χ3v) is 5.35. The molecule has 0 atom stereocenters. The minimum Gasteiger partial charge on any atom is -0.383 e. The molecular weight excluding hydrogens is 394 g/mol. The van der Waals surface area contributed by atoms with Gasteiger partial charge in [0.15, 0.2) is 0 Å². The van der Waals surface area contributed by atoms with Crippen LogP contribution in [0.3, 0.4) is 0 Å². The van der Waals surface area contributed by atoms with Gasteiger partial charge in [-0.15, -0.1) is 11.8 Å². The lowest BCUT2D eigenvalue weighted by Crippen LogP contribution is -2.03. The molecule has 0 saturated heterocycles. The standard InChI is InChI=1S/C20H16BrN3S/c1-12-18(13-5-9-16(25-2)10-6-13)17(11-22)20(23)24-19(12)14-3-7-15(21)8-4-14/h3-10H,1-2H3,(H2,23,24). The first-order valence-corrected chi connectivity index (χ1v) is 9.67. The van der Waals surface area contributed by atoms with E-state index in [9.17, 15) is 5.26 Å². The van der Waals surface area contributed by atoms with Crippen molar-refractivity contribution < 1.29 is 0 Å². The Morgan fingerprint density at radius 2 is 1.64 bits per heavy atom. The van der Waals surface area contributed by atoms with Crippen LogP contribution in [0.4, 0.5) is 5.82 Å². The molecule has 0 unspecified atom stereocenters. The van der Waals surface area contributed by atoms with Crippen LogP contribution >= 0.6 is 27.7 Å². The number of benzene rings is 2. The number of anilines is 1. The van der Waals surface area contributed by atoms with Crippen LogP contribution in [0.2, 0.25) is 0 Å². The number of hydrogen-bond acceptors (Lipinski definition) is 4. The van der Waals surface area contributed by atoms with Crippen molar-refractivity contribution in [1.82, 2.24) is 4.98 Å². The maximum atomic E-state index is 9.60. The fourth-order valence-corrected chi connectivity index (χ4v) is 3.49. The van der Waals surface area contributed by atoms with E-state index in [2.05, 4.69) is 39.1 Å². The quantitative estimate of drug-likeness (QED) is 0.566. The number of nitriles is 1. The van der Waals surface area contributed by atoms with E-state index in [-0.39, 0.29) is 5.82 Å². The molecule has 3 aromatic rings. The molecule has 0 bridgehead atoms. The summed E-state index contributed by atoms with van der Waals surface area (Å²) >= 11 is 5.13. The number of nitrogen functional groups attached to an aromatic ring is 1. The molecule has 5 heteroatoms. The van der Waals surface area contributed by atoms with Gasteiger partial charge in [-0.1, -0.05) is 40.2 Å². The van der Waals surface area contributed by atoms with Crippen LogP contribution in [0.5, 0.6) is 0 Å². The van der Waals surface area contributed by atoms with Crippen molar-refractivity contribution in [2.24, 2.45) is 0 Å². The molecule has 1 heterocycles. The van der Waals surface area contributed by atoms with Gasteiger partial charge >= 0.3 is 0 Å². The second kappa shape index (κ2) is 7.30. The number of nitrogens with zero attached hydrogens (tertiary/aromatic N) is 2. The van der Waals surface area contributed by atoms with Gasteiger partial charge in [-0.05, 0) is 48.6 Å². The van der Waals surface area contributed by atoms with E-state index in [4.69, 9.17) is 5.73 Å². The lowest BCUT2D eigenvalue weighted by Gasteiger charge is -2.15. The van der Waals surface area contributed by atoms with E-state index in [0.717, 1.165) is 32.4 Å². The third-order valence-electron chi connectivity index (χ3n) is 4.08. The predicted octanol–water partition coefficient (Wildman–Crippen LogP) is 5.66. The Kier molecular flexibility index (Phi) is 5.12. The summed E-state index contributed by atoms with van der Waals surface area (Å²) in [4.78, 5) is 5.68. The molecule has 3 rings (SSSR count). The van der Waals surface area contributed by atoms with E-state index in [1.54, 1.807) is 11.8 Å². The fraction of sp³-hybridized carbons (Fsp3) is 0.100. The third kappa shape index (κ3) is 3.41. The van der Waals surface area contributed by atoms with Crippen LogP contribution in [0.15, 0.2) is 57.9 Å². The van der Waals surface area contributed by atoms with E-state index < -0.39 is 0 Å². The largest absolute Gasteiger partial charge is 0.383 e. The molecule has 0 amide bonds. The summed E-state index contributed by atoms with van der Waals surface area (Å²) in [6, 6.07) is 18.3. The molecule has 0 spiro atoms. The molecule has 0 fully saturated rings. The van der Waals surface area contributed by atoms with Crippen molar-refractivity contribution in [2.75, 3.05) is 12.0 Å². The average molecular weight is 410 g/mol. The normalized spacial score (nSPS) is 10.5. The molecule has 124 valence electrons. The smallest absolute Gasteiger partial charge is 0.142 e. The van der Waals surface area contributed by atoms with E-state index in [1.165, 1.54) is 4.90 Å². The molecule has 2 aromatic carbocycles. The van der Waals surface area contributed by atoms with E-state index in [0.29, 0.717) is 5.56 Å². The first kappa shape index (κ1) is 17.5. The van der Waals surface area contributed by atoms with Gasteiger partial charge in [0.25, 0.3) is 0 Å². The lowest BCUT2D eigenvalue weighted by atomic mass is 9.93. The van der Waals surface area contributed by atoms with Crippen LogP contribution in [-0.2, 0) is 0 Å². The minimum absolute atomic E-state index is 0.259. The van der Waals surface area contributed by atoms with Gasteiger partial charge < -0.3 is 5.73 Å². The Balaban J connectivity index is 2.25. The topological polar surface area (TPSA) is 62.7 Å². The Bertz CT molecular complexity index is 958. The Morgan fingerprint density at radius 3 is 2.20 bits per heavy atom. The number of aromatic nitrogens is 1. The molecule has 0 radical (unpaired) electrons. The molecule has 1 aromatic heterocycles. The van der Waals surface area contributed by atoms with Crippen LogP contribution in [0, 0.1) is 18.3 Å². The van der Waals surface area contributed by atoms with Crippen molar-refractivity contribution in [3.63, 3.8) is 0 Å². The average Bonchev–Trinajstić information content (AvgIpc) is 2.64. The van der Waals surface area contributed by atoms with Crippen molar-refractivity contribution >= 4 is 33.5 Å². The van der Waals surface area contributed by atoms with Gasteiger partial charge in [-0.2, -0.15) is 5.26 Å². The predicted molar refractivity (Wildman–Crippen MR) is 108 cm³/mol. The van der Waals surface area contributed by atoms with Crippen molar-refractivity contribution in [1.29, 1.82) is 5.26 Å². The molecule has 0 aliphatic carbocycles. The fourth-order valence-electron chi connectivity index (χ4n) is 2.81. The van der Waals surface area contributed by atoms with Crippen LogP contribution in [-0.4, -0.2) is 11.2 Å². The maximum absolute atomic E-state index is 9.60. The molecule has 0 aliphatic heterocycles. The first-order valence-electron chi connectivity index (χ1n) is 7.65. The molecule has 0 saturated carbocycles. The van der Waals surface area contributed by atoms with E-state index in [1.807, 2.05) is 49.6 Å². The highest BCUT2D eigenvalue weighted by molar-refractivity contribution is 9.10. The lowest BCUT2D eigenvalue weighted by molar-refractivity contribution is 1.26.